The molecule has 3 nitrogen and oxygen atoms in total. The van der Waals surface area contributed by atoms with E-state index in [4.69, 9.17) is 5.73 Å². The number of hydrogen-bond donors (Lipinski definition) is 2. The molecule has 1 saturated carbocycles. The van der Waals surface area contributed by atoms with Gasteiger partial charge in [0.1, 0.15) is 0 Å². The highest BCUT2D eigenvalue weighted by atomic mass is 35.5. The van der Waals surface area contributed by atoms with Gasteiger partial charge in [-0.05, 0) is 24.7 Å². The molecule has 0 heterocycles. The largest absolute Gasteiger partial charge is 0.352 e. The first-order chi connectivity index (χ1) is 8.08. The molecule has 0 radical (unpaired) electrons. The van der Waals surface area contributed by atoms with E-state index in [2.05, 4.69) is 19.2 Å². The SMILES string of the molecule is CCC1CCCC(NC(=O)C(N)C(C)CC)C1.Cl. The van der Waals surface area contributed by atoms with Gasteiger partial charge in [0.25, 0.3) is 0 Å². The van der Waals surface area contributed by atoms with E-state index in [-0.39, 0.29) is 30.3 Å². The summed E-state index contributed by atoms with van der Waals surface area (Å²) in [7, 11) is 0. The van der Waals surface area contributed by atoms with Gasteiger partial charge in [0.05, 0.1) is 6.04 Å². The Bertz CT molecular complexity index is 248. The predicted octanol–water partition coefficient (Wildman–Crippen LogP) is 2.87. The van der Waals surface area contributed by atoms with Crippen molar-refractivity contribution < 1.29 is 4.79 Å². The van der Waals surface area contributed by atoms with Crippen molar-refractivity contribution in [3.63, 3.8) is 0 Å². The van der Waals surface area contributed by atoms with Gasteiger partial charge in [-0.2, -0.15) is 0 Å². The van der Waals surface area contributed by atoms with Gasteiger partial charge in [-0.3, -0.25) is 4.79 Å². The molecule has 1 aliphatic rings. The zero-order valence-electron chi connectivity index (χ0n) is 11.9. The van der Waals surface area contributed by atoms with Crippen LogP contribution < -0.4 is 11.1 Å². The monoisotopic (exact) mass is 276 g/mol. The lowest BCUT2D eigenvalue weighted by molar-refractivity contribution is -0.124. The first kappa shape index (κ1) is 17.7. The normalized spacial score (nSPS) is 26.9. The van der Waals surface area contributed by atoms with Crippen molar-refractivity contribution in [1.82, 2.24) is 5.32 Å². The van der Waals surface area contributed by atoms with Crippen molar-refractivity contribution in [1.29, 1.82) is 0 Å². The third-order valence-corrected chi connectivity index (χ3v) is 4.27. The van der Waals surface area contributed by atoms with Gasteiger partial charge >= 0.3 is 0 Å². The predicted molar refractivity (Wildman–Crippen MR) is 78.9 cm³/mol. The van der Waals surface area contributed by atoms with E-state index >= 15 is 0 Å². The Hall–Kier alpha value is -0.280. The molecule has 0 saturated heterocycles. The van der Waals surface area contributed by atoms with Crippen LogP contribution >= 0.6 is 12.4 Å². The number of carbonyl (C=O) groups excluding carboxylic acids is 1. The summed E-state index contributed by atoms with van der Waals surface area (Å²) in [6.45, 7) is 6.35. The molecule has 1 amide bonds. The van der Waals surface area contributed by atoms with E-state index < -0.39 is 0 Å². The highest BCUT2D eigenvalue weighted by Crippen LogP contribution is 2.26. The maximum atomic E-state index is 12.0. The molecule has 1 aliphatic carbocycles. The van der Waals surface area contributed by atoms with Crippen LogP contribution in [-0.4, -0.2) is 18.0 Å². The number of nitrogens with one attached hydrogen (secondary N) is 1. The summed E-state index contributed by atoms with van der Waals surface area (Å²) in [4.78, 5) is 12.0. The molecule has 1 fully saturated rings. The fourth-order valence-corrected chi connectivity index (χ4v) is 2.60. The molecular formula is C14H29ClN2O. The Balaban J connectivity index is 0.00000289. The maximum absolute atomic E-state index is 12.0. The van der Waals surface area contributed by atoms with Crippen LogP contribution in [-0.2, 0) is 4.79 Å². The number of rotatable bonds is 5. The molecule has 0 aromatic carbocycles. The second kappa shape index (κ2) is 8.76. The zero-order valence-corrected chi connectivity index (χ0v) is 12.8. The lowest BCUT2D eigenvalue weighted by atomic mass is 9.84. The Morgan fingerprint density at radius 3 is 2.61 bits per heavy atom. The van der Waals surface area contributed by atoms with E-state index in [1.165, 1.54) is 19.3 Å². The van der Waals surface area contributed by atoms with Gasteiger partial charge in [-0.25, -0.2) is 0 Å². The van der Waals surface area contributed by atoms with Crippen molar-refractivity contribution in [2.24, 2.45) is 17.6 Å². The summed E-state index contributed by atoms with van der Waals surface area (Å²) in [5.74, 6) is 1.09. The van der Waals surface area contributed by atoms with Crippen molar-refractivity contribution in [3.8, 4) is 0 Å². The van der Waals surface area contributed by atoms with Crippen molar-refractivity contribution in [3.05, 3.63) is 0 Å². The minimum absolute atomic E-state index is 0. The molecule has 108 valence electrons. The Kier molecular flexibility index (Phi) is 8.62. The molecule has 4 unspecified atom stereocenters. The Morgan fingerprint density at radius 1 is 1.39 bits per heavy atom. The zero-order chi connectivity index (χ0) is 12.8. The molecule has 18 heavy (non-hydrogen) atoms. The lowest BCUT2D eigenvalue weighted by Gasteiger charge is -2.30. The molecule has 0 aromatic heterocycles. The number of nitrogens with two attached hydrogens (primary N) is 1. The van der Waals surface area contributed by atoms with Gasteiger partial charge in [0.15, 0.2) is 0 Å². The second-order valence-electron chi connectivity index (χ2n) is 5.56. The van der Waals surface area contributed by atoms with Crippen molar-refractivity contribution in [2.45, 2.75) is 71.4 Å². The first-order valence-corrected chi connectivity index (χ1v) is 7.14. The average molecular weight is 277 g/mol. The van der Waals surface area contributed by atoms with Gasteiger partial charge < -0.3 is 11.1 Å². The number of halogens is 1. The van der Waals surface area contributed by atoms with Gasteiger partial charge in [-0.1, -0.05) is 46.5 Å². The van der Waals surface area contributed by atoms with Crippen LogP contribution in [0.2, 0.25) is 0 Å². The van der Waals surface area contributed by atoms with Crippen LogP contribution in [0.4, 0.5) is 0 Å². The molecule has 0 aromatic rings. The summed E-state index contributed by atoms with van der Waals surface area (Å²) in [6, 6.07) is 0.0123. The van der Waals surface area contributed by atoms with Crippen molar-refractivity contribution >= 4 is 18.3 Å². The average Bonchev–Trinajstić information content (AvgIpc) is 2.37. The quantitative estimate of drug-likeness (QED) is 0.811. The number of amides is 1. The van der Waals surface area contributed by atoms with Gasteiger partial charge in [0.2, 0.25) is 5.91 Å². The number of carbonyl (C=O) groups is 1. The fourth-order valence-electron chi connectivity index (χ4n) is 2.60. The highest BCUT2D eigenvalue weighted by Gasteiger charge is 2.25. The molecule has 0 aliphatic heterocycles. The molecule has 3 N–H and O–H groups in total. The van der Waals surface area contributed by atoms with E-state index in [1.54, 1.807) is 0 Å². The van der Waals surface area contributed by atoms with E-state index in [0.29, 0.717) is 6.04 Å². The van der Waals surface area contributed by atoms with Crippen LogP contribution in [0.5, 0.6) is 0 Å². The maximum Gasteiger partial charge on any atom is 0.237 e. The van der Waals surface area contributed by atoms with Crippen LogP contribution in [0.15, 0.2) is 0 Å². The summed E-state index contributed by atoms with van der Waals surface area (Å²) in [6.07, 6.45) is 6.99. The third kappa shape index (κ3) is 5.15. The smallest absolute Gasteiger partial charge is 0.237 e. The fraction of sp³-hybridized carbons (Fsp3) is 0.929. The summed E-state index contributed by atoms with van der Waals surface area (Å²) in [5.41, 5.74) is 5.94. The Labute approximate surface area is 118 Å². The van der Waals surface area contributed by atoms with E-state index in [0.717, 1.165) is 25.2 Å². The van der Waals surface area contributed by atoms with E-state index in [1.807, 2.05) is 6.92 Å². The van der Waals surface area contributed by atoms with Crippen LogP contribution in [0, 0.1) is 11.8 Å². The molecule has 0 spiro atoms. The van der Waals surface area contributed by atoms with Crippen LogP contribution in [0.1, 0.15) is 59.3 Å². The van der Waals surface area contributed by atoms with E-state index in [9.17, 15) is 4.79 Å². The summed E-state index contributed by atoms with van der Waals surface area (Å²) in [5, 5.41) is 3.13. The number of hydrogen-bond acceptors (Lipinski definition) is 2. The second-order valence-corrected chi connectivity index (χ2v) is 5.56. The van der Waals surface area contributed by atoms with Crippen LogP contribution in [0.25, 0.3) is 0 Å². The van der Waals surface area contributed by atoms with Crippen molar-refractivity contribution in [2.75, 3.05) is 0 Å². The summed E-state index contributed by atoms with van der Waals surface area (Å²) < 4.78 is 0. The topological polar surface area (TPSA) is 55.1 Å². The minimum atomic E-state index is -0.345. The first-order valence-electron chi connectivity index (χ1n) is 7.14. The standard InChI is InChI=1S/C14H28N2O.ClH/c1-4-10(3)13(15)14(17)16-12-8-6-7-11(5-2)9-12;/h10-13H,4-9,15H2,1-3H3,(H,16,17);1H. The summed E-state index contributed by atoms with van der Waals surface area (Å²) >= 11 is 0. The Morgan fingerprint density at radius 2 is 2.06 bits per heavy atom. The molecule has 0 bridgehead atoms. The molecule has 1 rings (SSSR count). The van der Waals surface area contributed by atoms with Gasteiger partial charge in [-0.15, -0.1) is 12.4 Å². The molecular weight excluding hydrogens is 248 g/mol. The molecule has 4 atom stereocenters. The van der Waals surface area contributed by atoms with Crippen LogP contribution in [0.3, 0.4) is 0 Å². The molecule has 4 heteroatoms. The minimum Gasteiger partial charge on any atom is -0.352 e. The third-order valence-electron chi connectivity index (χ3n) is 4.27. The van der Waals surface area contributed by atoms with Gasteiger partial charge in [0, 0.05) is 6.04 Å². The highest BCUT2D eigenvalue weighted by molar-refractivity contribution is 5.85. The lowest BCUT2D eigenvalue weighted by Crippen LogP contribution is -2.49.